The van der Waals surface area contributed by atoms with E-state index in [2.05, 4.69) is 20.4 Å². The lowest BCUT2D eigenvalue weighted by Crippen LogP contribution is -2.31. The maximum Gasteiger partial charge on any atom is 0.573 e. The largest absolute Gasteiger partial charge is 0.573 e. The molecular weight excluding hydrogens is 618 g/mol. The molecule has 0 unspecified atom stereocenters. The molecule has 1 heterocycles. The van der Waals surface area contributed by atoms with Crippen molar-refractivity contribution < 1.29 is 50.2 Å². The number of aryl methyl sites for hydroxylation is 1. The fourth-order valence-electron chi connectivity index (χ4n) is 3.80. The van der Waals surface area contributed by atoms with Gasteiger partial charge in [0.15, 0.2) is 11.8 Å². The van der Waals surface area contributed by atoms with Gasteiger partial charge < -0.3 is 20.1 Å². The number of ether oxygens (including phenoxy) is 2. The third-order valence-corrected chi connectivity index (χ3v) is 6.64. The number of hydrogen-bond acceptors (Lipinski definition) is 6. The summed E-state index contributed by atoms with van der Waals surface area (Å²) in [5.41, 5.74) is 1.73. The third kappa shape index (κ3) is 9.13. The Morgan fingerprint density at radius 3 is 2.30 bits per heavy atom. The zero-order valence-electron chi connectivity index (χ0n) is 22.6. The van der Waals surface area contributed by atoms with E-state index in [0.29, 0.717) is 16.8 Å². The van der Waals surface area contributed by atoms with Crippen molar-refractivity contribution in [1.29, 1.82) is 0 Å². The normalized spacial score (nSPS) is 14.5. The van der Waals surface area contributed by atoms with Gasteiger partial charge in [0, 0.05) is 17.8 Å². The van der Waals surface area contributed by atoms with Crippen LogP contribution in [0.2, 0.25) is 0 Å². The quantitative estimate of drug-likeness (QED) is 0.275. The number of urea groups is 1. The van der Waals surface area contributed by atoms with Crippen LogP contribution in [0.4, 0.5) is 42.5 Å². The number of nitrogens with zero attached hydrogens (tertiary/aromatic N) is 2. The number of thioether (sulfide) groups is 1. The average molecular weight is 641 g/mol. The van der Waals surface area contributed by atoms with Crippen LogP contribution in [0.5, 0.6) is 11.5 Å². The molecule has 3 aromatic carbocycles. The Balaban J connectivity index is 1.37. The molecule has 0 aliphatic carbocycles. The minimum absolute atomic E-state index is 0.0211. The first-order valence-corrected chi connectivity index (χ1v) is 13.5. The average Bonchev–Trinajstić information content (AvgIpc) is 3.29. The summed E-state index contributed by atoms with van der Waals surface area (Å²) in [6.07, 6.45) is -9.45. The number of rotatable bonds is 8. The van der Waals surface area contributed by atoms with E-state index in [4.69, 9.17) is 4.74 Å². The molecule has 0 atom stereocenters. The first-order valence-electron chi connectivity index (χ1n) is 12.6. The fourth-order valence-corrected chi connectivity index (χ4v) is 4.66. The molecular formula is C28H22F6N4O5S. The molecule has 232 valence electrons. The van der Waals surface area contributed by atoms with Crippen LogP contribution < -0.4 is 25.0 Å². The smallest absolute Gasteiger partial charge is 0.482 e. The summed E-state index contributed by atoms with van der Waals surface area (Å²) in [5.74, 6) is -1.79. The fraction of sp³-hybridized carbons (Fsp3) is 0.214. The van der Waals surface area contributed by atoms with E-state index in [1.54, 1.807) is 19.1 Å². The minimum Gasteiger partial charge on any atom is -0.482 e. The number of amides is 4. The Bertz CT molecular complexity index is 1560. The molecule has 0 bridgehead atoms. The second-order valence-electron chi connectivity index (χ2n) is 9.17. The highest BCUT2D eigenvalue weighted by atomic mass is 32.2. The van der Waals surface area contributed by atoms with Gasteiger partial charge in [-0.2, -0.15) is 18.2 Å². The number of halogens is 6. The number of amidine groups is 1. The summed E-state index contributed by atoms with van der Waals surface area (Å²) in [7, 11) is 0. The molecule has 0 radical (unpaired) electrons. The maximum absolute atomic E-state index is 12.8. The molecule has 1 aliphatic rings. The monoisotopic (exact) mass is 640 g/mol. The predicted molar refractivity (Wildman–Crippen MR) is 150 cm³/mol. The number of alkyl halides is 6. The molecule has 1 fully saturated rings. The number of carbonyl (C=O) groups is 3. The van der Waals surface area contributed by atoms with Gasteiger partial charge in [0.2, 0.25) is 5.91 Å². The second-order valence-corrected chi connectivity index (χ2v) is 10.1. The van der Waals surface area contributed by atoms with Crippen LogP contribution in [-0.2, 0) is 11.3 Å². The topological polar surface area (TPSA) is 109 Å². The Labute approximate surface area is 250 Å². The number of aliphatic imine (C=N–C) groups is 1. The van der Waals surface area contributed by atoms with E-state index in [1.165, 1.54) is 42.5 Å². The van der Waals surface area contributed by atoms with Crippen LogP contribution in [0.3, 0.4) is 0 Å². The van der Waals surface area contributed by atoms with Gasteiger partial charge in [-0.05, 0) is 66.6 Å². The molecule has 16 heteroatoms. The van der Waals surface area contributed by atoms with Crippen LogP contribution >= 0.6 is 11.8 Å². The zero-order chi connectivity index (χ0) is 32.1. The summed E-state index contributed by atoms with van der Waals surface area (Å²) >= 11 is 0.934. The van der Waals surface area contributed by atoms with Crippen LogP contribution in [0.15, 0.2) is 71.7 Å². The highest BCUT2D eigenvalue weighted by Crippen LogP contribution is 2.36. The molecule has 1 aliphatic heterocycles. The van der Waals surface area contributed by atoms with Crippen LogP contribution in [0.1, 0.15) is 21.5 Å². The van der Waals surface area contributed by atoms with E-state index < -0.39 is 42.7 Å². The highest BCUT2D eigenvalue weighted by Gasteiger charge is 2.34. The standard InChI is InChI=1S/C28H22F6N4O5S/c1-16-2-11-22(42-15-27(29,30)31)21(12-16)38-23(39)14-44-26(38)37-25(41)36-19-7-3-17(4-8-19)13-35-24(40)18-5-9-20(10-6-18)43-28(32,33)34/h2-12H,13-15H2,1H3,(H,35,40)(H,36,41). The van der Waals surface area contributed by atoms with E-state index >= 15 is 0 Å². The van der Waals surface area contributed by atoms with Crippen LogP contribution in [0, 0.1) is 6.92 Å². The van der Waals surface area contributed by atoms with Crippen molar-refractivity contribution >= 4 is 46.1 Å². The van der Waals surface area contributed by atoms with Crippen molar-refractivity contribution in [3.8, 4) is 11.5 Å². The lowest BCUT2D eigenvalue weighted by Gasteiger charge is -2.21. The van der Waals surface area contributed by atoms with Crippen molar-refractivity contribution in [2.75, 3.05) is 22.6 Å². The van der Waals surface area contributed by atoms with Crippen molar-refractivity contribution in [3.63, 3.8) is 0 Å². The van der Waals surface area contributed by atoms with Gasteiger partial charge in [0.05, 0.1) is 11.4 Å². The highest BCUT2D eigenvalue weighted by molar-refractivity contribution is 8.15. The number of hydrogen-bond donors (Lipinski definition) is 2. The molecule has 1 saturated heterocycles. The molecule has 9 nitrogen and oxygen atoms in total. The molecule has 4 rings (SSSR count). The number of nitrogens with one attached hydrogen (secondary N) is 2. The lowest BCUT2D eigenvalue weighted by molar-refractivity contribution is -0.274. The van der Waals surface area contributed by atoms with Gasteiger partial charge >= 0.3 is 18.6 Å². The summed E-state index contributed by atoms with van der Waals surface area (Å²) in [6.45, 7) is 0.176. The Morgan fingerprint density at radius 1 is 0.977 bits per heavy atom. The van der Waals surface area contributed by atoms with Gasteiger partial charge in [-0.1, -0.05) is 30.0 Å². The maximum atomic E-state index is 12.8. The van der Waals surface area contributed by atoms with Crippen molar-refractivity contribution in [3.05, 3.63) is 83.4 Å². The second kappa shape index (κ2) is 13.3. The van der Waals surface area contributed by atoms with Crippen molar-refractivity contribution in [2.24, 2.45) is 4.99 Å². The molecule has 0 saturated carbocycles. The van der Waals surface area contributed by atoms with E-state index in [1.807, 2.05) is 0 Å². The lowest BCUT2D eigenvalue weighted by atomic mass is 10.1. The van der Waals surface area contributed by atoms with Crippen molar-refractivity contribution in [1.82, 2.24) is 5.32 Å². The Kier molecular flexibility index (Phi) is 9.71. The number of carbonyl (C=O) groups excluding carboxylic acids is 3. The van der Waals surface area contributed by atoms with E-state index in [-0.39, 0.29) is 34.5 Å². The van der Waals surface area contributed by atoms with E-state index in [9.17, 15) is 40.7 Å². The summed E-state index contributed by atoms with van der Waals surface area (Å²) in [6, 6.07) is 14.1. The SMILES string of the molecule is Cc1ccc(OCC(F)(F)F)c(N2C(=O)CSC2=NC(=O)Nc2ccc(CNC(=O)c3ccc(OC(F)(F)F)cc3)cc2)c1. The Hall–Kier alpha value is -4.73. The van der Waals surface area contributed by atoms with Gasteiger partial charge in [-0.15, -0.1) is 13.2 Å². The molecule has 44 heavy (non-hydrogen) atoms. The van der Waals surface area contributed by atoms with Gasteiger partial charge in [0.1, 0.15) is 11.5 Å². The number of anilines is 2. The van der Waals surface area contributed by atoms with Gasteiger partial charge in [0.25, 0.3) is 5.91 Å². The Morgan fingerprint density at radius 2 is 1.66 bits per heavy atom. The first-order chi connectivity index (χ1) is 20.7. The van der Waals surface area contributed by atoms with E-state index in [0.717, 1.165) is 28.8 Å². The summed E-state index contributed by atoms with van der Waals surface area (Å²) in [5, 5.41) is 5.10. The summed E-state index contributed by atoms with van der Waals surface area (Å²) in [4.78, 5) is 42.6. The minimum atomic E-state index is -4.85. The summed E-state index contributed by atoms with van der Waals surface area (Å²) < 4.78 is 83.8. The molecule has 2 N–H and O–H groups in total. The van der Waals surface area contributed by atoms with Gasteiger partial charge in [-0.3, -0.25) is 14.5 Å². The molecule has 3 aromatic rings. The third-order valence-electron chi connectivity index (χ3n) is 5.72. The van der Waals surface area contributed by atoms with Crippen molar-refractivity contribution in [2.45, 2.75) is 26.0 Å². The molecule has 4 amide bonds. The zero-order valence-corrected chi connectivity index (χ0v) is 23.4. The number of benzene rings is 3. The predicted octanol–water partition coefficient (Wildman–Crippen LogP) is 6.43. The van der Waals surface area contributed by atoms with Crippen LogP contribution in [-0.4, -0.2) is 47.9 Å². The molecule has 0 aromatic heterocycles. The van der Waals surface area contributed by atoms with Crippen LogP contribution in [0.25, 0.3) is 0 Å². The van der Waals surface area contributed by atoms with Gasteiger partial charge in [-0.25, -0.2) is 4.79 Å². The first kappa shape index (κ1) is 32.2. The molecule has 0 spiro atoms.